The van der Waals surface area contributed by atoms with Crippen LogP contribution in [0.2, 0.25) is 0 Å². The maximum atomic E-state index is 12.6. The molecule has 2 aromatic carbocycles. The minimum atomic E-state index is -0.517. The number of carbonyl (C=O) groups is 1. The number of hydrogen-bond acceptors (Lipinski definition) is 7. The van der Waals surface area contributed by atoms with Crippen LogP contribution in [0.15, 0.2) is 62.3 Å². The highest BCUT2D eigenvalue weighted by atomic mass is 16.5. The zero-order valence-corrected chi connectivity index (χ0v) is 17.4. The molecule has 0 aliphatic heterocycles. The van der Waals surface area contributed by atoms with Crippen molar-refractivity contribution in [2.45, 2.75) is 34.0 Å². The first-order valence-corrected chi connectivity index (χ1v) is 9.76. The summed E-state index contributed by atoms with van der Waals surface area (Å²) in [6.45, 7) is 5.81. The molecule has 0 saturated heterocycles. The summed E-state index contributed by atoms with van der Waals surface area (Å²) in [6.07, 6.45) is 0. The molecule has 4 rings (SSSR count). The molecule has 0 bridgehead atoms. The van der Waals surface area contributed by atoms with E-state index in [4.69, 9.17) is 18.4 Å². The first-order valence-electron chi connectivity index (χ1n) is 9.76. The second-order valence-corrected chi connectivity index (χ2v) is 7.29. The quantitative estimate of drug-likeness (QED) is 0.332. The van der Waals surface area contributed by atoms with E-state index in [1.54, 1.807) is 30.3 Å². The molecule has 0 unspecified atom stereocenters. The number of carbonyl (C=O) groups excluding carboxylic acids is 1. The van der Waals surface area contributed by atoms with Gasteiger partial charge >= 0.3 is 11.6 Å². The van der Waals surface area contributed by atoms with E-state index < -0.39 is 11.6 Å². The summed E-state index contributed by atoms with van der Waals surface area (Å²) in [5.41, 5.74) is 3.52. The number of hydrogen-bond donors (Lipinski definition) is 0. The maximum Gasteiger partial charge on any atom is 0.338 e. The summed E-state index contributed by atoms with van der Waals surface area (Å²) < 4.78 is 21.6. The Morgan fingerprint density at radius 2 is 1.87 bits per heavy atom. The van der Waals surface area contributed by atoms with Crippen LogP contribution in [0.4, 0.5) is 0 Å². The molecule has 2 aromatic heterocycles. The summed E-state index contributed by atoms with van der Waals surface area (Å²) in [4.78, 5) is 24.4. The Bertz CT molecular complexity index is 1300. The van der Waals surface area contributed by atoms with Gasteiger partial charge < -0.3 is 18.4 Å². The Labute approximate surface area is 178 Å². The molecule has 31 heavy (non-hydrogen) atoms. The lowest BCUT2D eigenvalue weighted by Gasteiger charge is -2.09. The first kappa shape index (κ1) is 20.4. The average molecular weight is 419 g/mol. The van der Waals surface area contributed by atoms with Crippen LogP contribution in [0.25, 0.3) is 11.0 Å². The van der Waals surface area contributed by atoms with Crippen LogP contribution in [0.5, 0.6) is 5.75 Å². The molecule has 0 N–H and O–H groups in total. The normalized spacial score (nSPS) is 10.9. The van der Waals surface area contributed by atoms with Crippen molar-refractivity contribution in [2.24, 2.45) is 0 Å². The Morgan fingerprint density at radius 3 is 2.65 bits per heavy atom. The first-order chi connectivity index (χ1) is 14.9. The molecule has 0 fully saturated rings. The fourth-order valence-electron chi connectivity index (χ4n) is 3.26. The number of rotatable bonds is 6. The predicted molar refractivity (Wildman–Crippen MR) is 113 cm³/mol. The largest absolute Gasteiger partial charge is 0.489 e. The summed E-state index contributed by atoms with van der Waals surface area (Å²) in [6, 6.07) is 13.6. The molecule has 2 heterocycles. The lowest BCUT2D eigenvalue weighted by atomic mass is 10.1. The van der Waals surface area contributed by atoms with E-state index in [0.29, 0.717) is 28.2 Å². The van der Waals surface area contributed by atoms with Crippen LogP contribution in [0, 0.1) is 20.8 Å². The topological polar surface area (TPSA) is 91.8 Å². The Morgan fingerprint density at radius 1 is 1.03 bits per heavy atom. The van der Waals surface area contributed by atoms with E-state index >= 15 is 0 Å². The van der Waals surface area contributed by atoms with Crippen molar-refractivity contribution in [1.82, 2.24) is 5.16 Å². The van der Waals surface area contributed by atoms with Gasteiger partial charge in [-0.05, 0) is 50.6 Å². The van der Waals surface area contributed by atoms with Crippen LogP contribution in [0.3, 0.4) is 0 Å². The minimum absolute atomic E-state index is 0.0475. The van der Waals surface area contributed by atoms with E-state index in [1.165, 1.54) is 6.07 Å². The second kappa shape index (κ2) is 8.47. The van der Waals surface area contributed by atoms with Crippen molar-refractivity contribution in [3.63, 3.8) is 0 Å². The molecular weight excluding hydrogens is 398 g/mol. The number of aryl methyl sites for hydroxylation is 3. The van der Waals surface area contributed by atoms with Gasteiger partial charge in [0.1, 0.15) is 30.3 Å². The van der Waals surface area contributed by atoms with Crippen LogP contribution in [-0.4, -0.2) is 11.1 Å². The molecular formula is C24H21NO6. The second-order valence-electron chi connectivity index (χ2n) is 7.29. The molecule has 0 atom stereocenters. The summed E-state index contributed by atoms with van der Waals surface area (Å²) in [7, 11) is 0. The smallest absolute Gasteiger partial charge is 0.338 e. The van der Waals surface area contributed by atoms with Crippen LogP contribution in [-0.2, 0) is 18.0 Å². The van der Waals surface area contributed by atoms with E-state index in [0.717, 1.165) is 22.2 Å². The SMILES string of the molecule is Cc1ccc2c(COC(=O)c3cccc(OCc4c(C)noc4C)c3)cc(=O)oc2c1. The van der Waals surface area contributed by atoms with E-state index in [9.17, 15) is 9.59 Å². The lowest BCUT2D eigenvalue weighted by molar-refractivity contribution is 0.0473. The van der Waals surface area contributed by atoms with Gasteiger partial charge in [0.05, 0.1) is 16.8 Å². The lowest BCUT2D eigenvalue weighted by Crippen LogP contribution is -2.08. The van der Waals surface area contributed by atoms with Crippen molar-refractivity contribution in [1.29, 1.82) is 0 Å². The van der Waals surface area contributed by atoms with Crippen molar-refractivity contribution in [3.05, 3.63) is 92.7 Å². The van der Waals surface area contributed by atoms with Gasteiger partial charge in [-0.2, -0.15) is 0 Å². The van der Waals surface area contributed by atoms with Gasteiger partial charge in [-0.1, -0.05) is 23.4 Å². The van der Waals surface area contributed by atoms with Crippen molar-refractivity contribution < 1.29 is 23.2 Å². The predicted octanol–water partition coefficient (Wildman–Crippen LogP) is 4.64. The molecule has 4 aromatic rings. The number of benzene rings is 2. The van der Waals surface area contributed by atoms with Crippen LogP contribution < -0.4 is 10.4 Å². The summed E-state index contributed by atoms with van der Waals surface area (Å²) in [5, 5.41) is 4.63. The highest BCUT2D eigenvalue weighted by Crippen LogP contribution is 2.21. The summed E-state index contributed by atoms with van der Waals surface area (Å²) in [5.74, 6) is 0.704. The molecule has 0 spiro atoms. The minimum Gasteiger partial charge on any atom is -0.489 e. The third-order valence-corrected chi connectivity index (χ3v) is 4.98. The highest BCUT2D eigenvalue weighted by molar-refractivity contribution is 5.90. The average Bonchev–Trinajstić information content (AvgIpc) is 3.07. The maximum absolute atomic E-state index is 12.6. The van der Waals surface area contributed by atoms with Gasteiger partial charge in [-0.15, -0.1) is 0 Å². The van der Waals surface area contributed by atoms with Gasteiger partial charge in [-0.3, -0.25) is 0 Å². The zero-order valence-electron chi connectivity index (χ0n) is 17.4. The van der Waals surface area contributed by atoms with Gasteiger partial charge in [-0.25, -0.2) is 9.59 Å². The number of ether oxygens (including phenoxy) is 2. The fraction of sp³-hybridized carbons (Fsp3) is 0.208. The van der Waals surface area contributed by atoms with Crippen LogP contribution >= 0.6 is 0 Å². The molecule has 7 nitrogen and oxygen atoms in total. The number of nitrogens with zero attached hydrogens (tertiary/aromatic N) is 1. The third-order valence-electron chi connectivity index (χ3n) is 4.98. The van der Waals surface area contributed by atoms with Crippen molar-refractivity contribution in [2.75, 3.05) is 0 Å². The standard InChI is InChI=1S/C24H21NO6/c1-14-7-8-20-18(11-23(26)30-22(20)9-14)12-29-24(27)17-5-4-6-19(10-17)28-13-21-15(2)25-31-16(21)3/h4-11H,12-13H2,1-3H3. The van der Waals surface area contributed by atoms with Gasteiger partial charge in [0.2, 0.25) is 0 Å². The summed E-state index contributed by atoms with van der Waals surface area (Å²) >= 11 is 0. The van der Waals surface area contributed by atoms with Crippen LogP contribution in [0.1, 0.15) is 38.5 Å². The van der Waals surface area contributed by atoms with Gasteiger partial charge in [0.15, 0.2) is 0 Å². The molecule has 0 aliphatic carbocycles. The molecule has 7 heteroatoms. The van der Waals surface area contributed by atoms with E-state index in [1.807, 2.05) is 32.9 Å². The molecule has 0 aliphatic rings. The van der Waals surface area contributed by atoms with Crippen molar-refractivity contribution >= 4 is 16.9 Å². The van der Waals surface area contributed by atoms with Crippen molar-refractivity contribution in [3.8, 4) is 5.75 Å². The number of esters is 1. The molecule has 158 valence electrons. The Balaban J connectivity index is 1.47. The van der Waals surface area contributed by atoms with E-state index in [2.05, 4.69) is 5.16 Å². The molecule has 0 radical (unpaired) electrons. The van der Waals surface area contributed by atoms with Gasteiger partial charge in [0.25, 0.3) is 0 Å². The Hall–Kier alpha value is -3.87. The molecule has 0 amide bonds. The van der Waals surface area contributed by atoms with Gasteiger partial charge in [0, 0.05) is 17.0 Å². The fourth-order valence-corrected chi connectivity index (χ4v) is 3.26. The monoisotopic (exact) mass is 419 g/mol. The van der Waals surface area contributed by atoms with E-state index in [-0.39, 0.29) is 13.2 Å². The number of fused-ring (bicyclic) bond motifs is 1. The zero-order chi connectivity index (χ0) is 22.0. The highest BCUT2D eigenvalue weighted by Gasteiger charge is 2.13. The third kappa shape index (κ3) is 4.50. The Kier molecular flexibility index (Phi) is 5.58. The molecule has 0 saturated carbocycles. The number of aromatic nitrogens is 1.